The van der Waals surface area contributed by atoms with E-state index in [1.807, 2.05) is 0 Å². The van der Waals surface area contributed by atoms with Gasteiger partial charge in [0.05, 0.1) is 5.69 Å². The third kappa shape index (κ3) is 6.96. The van der Waals surface area contributed by atoms with E-state index in [0.717, 1.165) is 12.8 Å². The van der Waals surface area contributed by atoms with Crippen LogP contribution in [0.1, 0.15) is 135 Å². The Morgan fingerprint density at radius 2 is 0.901 bits per heavy atom. The zero-order valence-electron chi connectivity index (χ0n) is 44.4. The number of para-hydroxylation sites is 1. The smallest absolute Gasteiger partial charge is 0.252 e. The number of aryl methyl sites for hydroxylation is 1. The second-order valence-electron chi connectivity index (χ2n) is 25.3. The van der Waals surface area contributed by atoms with Crippen LogP contribution in [0.3, 0.4) is 0 Å². The molecule has 8 aromatic rings. The van der Waals surface area contributed by atoms with Crippen LogP contribution in [-0.4, -0.2) is 6.71 Å². The molecule has 0 atom stereocenters. The van der Waals surface area contributed by atoms with Gasteiger partial charge in [0.15, 0.2) is 0 Å². The minimum atomic E-state index is -0.194. The third-order valence-corrected chi connectivity index (χ3v) is 17.3. The molecule has 2 aliphatic carbocycles. The summed E-state index contributed by atoms with van der Waals surface area (Å²) in [6, 6.07) is 61.5. The van der Waals surface area contributed by atoms with Crippen molar-refractivity contribution in [2.24, 2.45) is 0 Å². The van der Waals surface area contributed by atoms with E-state index in [2.05, 4.69) is 258 Å². The molecule has 4 aliphatic rings. The van der Waals surface area contributed by atoms with E-state index >= 15 is 0 Å². The summed E-state index contributed by atoms with van der Waals surface area (Å²) < 4.78 is 0. The quantitative estimate of drug-likeness (QED) is 0.162. The van der Waals surface area contributed by atoms with Crippen LogP contribution >= 0.6 is 0 Å². The Balaban J connectivity index is 1.25. The van der Waals surface area contributed by atoms with E-state index in [9.17, 15) is 0 Å². The SMILES string of the molecule is Cc1cc(C(C)(C)C)ccc1N1c2cc3c(cc2B2c4cc5c(cc4N(c4ccccc4-c4ccccc4)c4cc(-c6ccccc6)cc1c42)-c1cc(C(C)(C)C)ccc1C5(C)C)C(C)(C)CCC3(C)C. The van der Waals surface area contributed by atoms with Crippen molar-refractivity contribution in [2.75, 3.05) is 9.80 Å². The molecule has 0 spiro atoms. The Labute approximate surface area is 424 Å². The minimum absolute atomic E-state index is 0.0184. The van der Waals surface area contributed by atoms with Gasteiger partial charge in [0.2, 0.25) is 0 Å². The average Bonchev–Trinajstić information content (AvgIpc) is 3.56. The van der Waals surface area contributed by atoms with Crippen molar-refractivity contribution in [1.29, 1.82) is 0 Å². The highest BCUT2D eigenvalue weighted by Crippen LogP contribution is 2.55. The van der Waals surface area contributed by atoms with Crippen molar-refractivity contribution >= 4 is 57.2 Å². The van der Waals surface area contributed by atoms with Crippen molar-refractivity contribution in [3.63, 3.8) is 0 Å². The molecule has 2 heterocycles. The predicted octanol–water partition coefficient (Wildman–Crippen LogP) is 16.7. The van der Waals surface area contributed by atoms with Crippen LogP contribution in [0.15, 0.2) is 158 Å². The summed E-state index contributed by atoms with van der Waals surface area (Å²) >= 11 is 0. The van der Waals surface area contributed by atoms with Crippen molar-refractivity contribution in [2.45, 2.75) is 130 Å². The number of rotatable bonds is 4. The van der Waals surface area contributed by atoms with Crippen LogP contribution in [0.4, 0.5) is 34.1 Å². The average molecular weight is 925 g/mol. The van der Waals surface area contributed by atoms with Crippen molar-refractivity contribution < 1.29 is 0 Å². The van der Waals surface area contributed by atoms with E-state index in [1.165, 1.54) is 123 Å². The van der Waals surface area contributed by atoms with E-state index in [1.54, 1.807) is 0 Å². The maximum absolute atomic E-state index is 2.69. The van der Waals surface area contributed by atoms with Crippen LogP contribution in [0.5, 0.6) is 0 Å². The first-order valence-corrected chi connectivity index (χ1v) is 26.3. The maximum atomic E-state index is 2.69. The van der Waals surface area contributed by atoms with Crippen molar-refractivity contribution in [3.8, 4) is 33.4 Å². The summed E-state index contributed by atoms with van der Waals surface area (Å²) in [6.45, 7) is 31.2. The summed E-state index contributed by atoms with van der Waals surface area (Å²) in [5.41, 5.74) is 28.9. The number of nitrogens with zero attached hydrogens (tertiary/aromatic N) is 2. The van der Waals surface area contributed by atoms with Gasteiger partial charge in [-0.25, -0.2) is 0 Å². The molecule has 0 saturated carbocycles. The van der Waals surface area contributed by atoms with Gasteiger partial charge in [0.1, 0.15) is 0 Å². The minimum Gasteiger partial charge on any atom is -0.311 e. The Morgan fingerprint density at radius 1 is 0.394 bits per heavy atom. The highest BCUT2D eigenvalue weighted by Gasteiger charge is 2.49. The molecule has 2 nitrogen and oxygen atoms in total. The first-order chi connectivity index (χ1) is 33.6. The largest absolute Gasteiger partial charge is 0.311 e. The van der Waals surface area contributed by atoms with Crippen LogP contribution in [-0.2, 0) is 27.1 Å². The van der Waals surface area contributed by atoms with Crippen molar-refractivity contribution in [3.05, 3.63) is 197 Å². The zero-order chi connectivity index (χ0) is 49.7. The van der Waals surface area contributed by atoms with E-state index < -0.39 is 0 Å². The van der Waals surface area contributed by atoms with Gasteiger partial charge in [-0.15, -0.1) is 0 Å². The van der Waals surface area contributed by atoms with Gasteiger partial charge in [-0.05, 0) is 161 Å². The lowest BCUT2D eigenvalue weighted by Gasteiger charge is -2.48. The fraction of sp³-hybridized carbons (Fsp3) is 0.294. The van der Waals surface area contributed by atoms with Crippen molar-refractivity contribution in [1.82, 2.24) is 0 Å². The molecule has 2 aliphatic heterocycles. The predicted molar refractivity (Wildman–Crippen MR) is 306 cm³/mol. The summed E-state index contributed by atoms with van der Waals surface area (Å²) in [6.07, 6.45) is 2.32. The summed E-state index contributed by atoms with van der Waals surface area (Å²) in [7, 11) is 0. The van der Waals surface area contributed by atoms with Gasteiger partial charge in [0, 0.05) is 39.4 Å². The molecule has 0 radical (unpaired) electrons. The molecule has 0 fully saturated rings. The van der Waals surface area contributed by atoms with Gasteiger partial charge in [-0.1, -0.05) is 204 Å². The number of hydrogen-bond donors (Lipinski definition) is 0. The number of anilines is 6. The normalized spacial score (nSPS) is 16.7. The molecule has 0 amide bonds. The molecule has 0 bridgehead atoms. The number of fused-ring (bicyclic) bond motifs is 8. The van der Waals surface area contributed by atoms with E-state index in [4.69, 9.17) is 0 Å². The molecular weight excluding hydrogens is 856 g/mol. The Kier molecular flexibility index (Phi) is 9.92. The fourth-order valence-electron chi connectivity index (χ4n) is 13.0. The molecule has 3 heteroatoms. The Hall–Kier alpha value is -6.58. The molecule has 0 aromatic heterocycles. The van der Waals surface area contributed by atoms with Gasteiger partial charge < -0.3 is 9.80 Å². The summed E-state index contributed by atoms with van der Waals surface area (Å²) in [5.74, 6) is 0. The molecule has 0 unspecified atom stereocenters. The fourth-order valence-corrected chi connectivity index (χ4v) is 13.0. The molecule has 354 valence electrons. The third-order valence-electron chi connectivity index (χ3n) is 17.3. The maximum Gasteiger partial charge on any atom is 0.252 e. The lowest BCUT2D eigenvalue weighted by Crippen LogP contribution is -2.62. The van der Waals surface area contributed by atoms with Gasteiger partial charge >= 0.3 is 0 Å². The highest BCUT2D eigenvalue weighted by molar-refractivity contribution is 7.00. The standard InChI is InChI=1S/C68H69BN2/c1-42-34-46(64(2,3)4)29-31-57(42)70-60-41-54-53(66(8,9)32-33-67(54,10)11)40-56(60)69-55-39-52-50(49-37-47(65(5,6)7)28-30-51(49)68(52,12)13)38-59(55)71(58-27-21-20-26-48(58)44-24-18-15-19-25-44)62-36-45(35-61(70)63(62)69)43-22-16-14-17-23-43/h14-31,34-41H,32-33H2,1-13H3. The lowest BCUT2D eigenvalue weighted by atomic mass is 9.32. The van der Waals surface area contributed by atoms with Crippen LogP contribution < -0.4 is 26.2 Å². The molecule has 0 N–H and O–H groups in total. The molecule has 0 saturated heterocycles. The monoisotopic (exact) mass is 925 g/mol. The summed E-state index contributed by atoms with van der Waals surface area (Å²) in [4.78, 5) is 5.35. The Morgan fingerprint density at radius 3 is 1.52 bits per heavy atom. The first kappa shape index (κ1) is 45.6. The second kappa shape index (κ2) is 15.5. The number of benzene rings is 8. The van der Waals surface area contributed by atoms with E-state index in [-0.39, 0.29) is 33.8 Å². The number of hydrogen-bond acceptors (Lipinski definition) is 2. The van der Waals surface area contributed by atoms with Crippen LogP contribution in [0.2, 0.25) is 0 Å². The van der Waals surface area contributed by atoms with Gasteiger partial charge in [-0.3, -0.25) is 0 Å². The second-order valence-corrected chi connectivity index (χ2v) is 25.3. The summed E-state index contributed by atoms with van der Waals surface area (Å²) in [5, 5.41) is 0. The zero-order valence-corrected chi connectivity index (χ0v) is 44.4. The highest BCUT2D eigenvalue weighted by atomic mass is 15.2. The van der Waals surface area contributed by atoms with E-state index in [0.29, 0.717) is 0 Å². The Bertz CT molecular complexity index is 3490. The molecule has 8 aromatic carbocycles. The first-order valence-electron chi connectivity index (χ1n) is 26.3. The van der Waals surface area contributed by atoms with Crippen LogP contribution in [0, 0.1) is 6.92 Å². The molecule has 71 heavy (non-hydrogen) atoms. The molecular formula is C68H69BN2. The van der Waals surface area contributed by atoms with Gasteiger partial charge in [0.25, 0.3) is 6.71 Å². The lowest BCUT2D eigenvalue weighted by molar-refractivity contribution is 0.332. The molecule has 12 rings (SSSR count). The topological polar surface area (TPSA) is 6.48 Å². The van der Waals surface area contributed by atoms with Crippen LogP contribution in [0.25, 0.3) is 33.4 Å². The van der Waals surface area contributed by atoms with Gasteiger partial charge in [-0.2, -0.15) is 0 Å².